The number of hydrogen-bond donors (Lipinski definition) is 5. The summed E-state index contributed by atoms with van der Waals surface area (Å²) < 4.78 is 0. The molecule has 0 spiro atoms. The van der Waals surface area contributed by atoms with Crippen LogP contribution in [-0.2, 0) is 6.42 Å². The highest BCUT2D eigenvalue weighted by molar-refractivity contribution is 7.77. The summed E-state index contributed by atoms with van der Waals surface area (Å²) in [6, 6.07) is 0.905. The second kappa shape index (κ2) is 13.3. The molecule has 0 saturated carbocycles. The number of piperidine rings is 2. The number of aryl methyl sites for hydroxylation is 1. The Labute approximate surface area is 244 Å². The van der Waals surface area contributed by atoms with Crippen molar-refractivity contribution in [1.29, 1.82) is 0 Å². The van der Waals surface area contributed by atoms with Gasteiger partial charge in [0.15, 0.2) is 5.82 Å². The molecule has 3 heterocycles. The number of aromatic nitrogens is 3. The van der Waals surface area contributed by atoms with Gasteiger partial charge in [0.25, 0.3) is 0 Å². The van der Waals surface area contributed by atoms with Gasteiger partial charge in [-0.3, -0.25) is 10.0 Å². The highest BCUT2D eigenvalue weighted by Gasteiger charge is 2.42. The first kappa shape index (κ1) is 34.2. The lowest BCUT2D eigenvalue weighted by molar-refractivity contribution is 0.0587. The monoisotopic (exact) mass is 565 g/mol. The molecule has 0 bridgehead atoms. The fraction of sp³-hybridized carbons (Fsp3) is 0.897. The number of nitrogens with two attached hydrogens (primary N) is 2. The maximum Gasteiger partial charge on any atom is 0.228 e. The predicted octanol–water partition coefficient (Wildman–Crippen LogP) is 3.99. The first-order chi connectivity index (χ1) is 17.9. The van der Waals surface area contributed by atoms with Crippen LogP contribution in [0.1, 0.15) is 119 Å². The minimum Gasteiger partial charge on any atom is -0.341 e. The smallest absolute Gasteiger partial charge is 0.228 e. The fourth-order valence-electron chi connectivity index (χ4n) is 7.07. The Hall–Kier alpha value is -1.04. The average Bonchev–Trinajstić information content (AvgIpc) is 2.80. The maximum absolute atomic E-state index is 5.78. The van der Waals surface area contributed by atoms with E-state index < -0.39 is 0 Å². The number of anilines is 1. The summed E-state index contributed by atoms with van der Waals surface area (Å²) in [5.74, 6) is 2.57. The molecule has 226 valence electrons. The van der Waals surface area contributed by atoms with Crippen molar-refractivity contribution in [1.82, 2.24) is 30.5 Å². The maximum atomic E-state index is 5.78. The summed E-state index contributed by atoms with van der Waals surface area (Å²) in [7, 11) is 4.41. The Morgan fingerprint density at radius 1 is 0.795 bits per heavy atom. The summed E-state index contributed by atoms with van der Waals surface area (Å²) in [5.41, 5.74) is 6.08. The van der Waals surface area contributed by atoms with E-state index >= 15 is 0 Å². The molecule has 2 saturated heterocycles. The lowest BCUT2D eigenvalue weighted by atomic mass is 9.79. The summed E-state index contributed by atoms with van der Waals surface area (Å²) in [6.45, 7) is 21.4. The van der Waals surface area contributed by atoms with Crippen LogP contribution in [0.2, 0.25) is 0 Å². The van der Waals surface area contributed by atoms with Gasteiger partial charge < -0.3 is 21.3 Å². The van der Waals surface area contributed by atoms with Crippen LogP contribution >= 0.6 is 12.8 Å². The van der Waals surface area contributed by atoms with Crippen LogP contribution in [0.25, 0.3) is 0 Å². The molecule has 1 aromatic rings. The van der Waals surface area contributed by atoms with Gasteiger partial charge >= 0.3 is 0 Å². The lowest BCUT2D eigenvalue weighted by Gasteiger charge is -2.50. The van der Waals surface area contributed by atoms with Crippen molar-refractivity contribution in [3.8, 4) is 0 Å². The molecule has 39 heavy (non-hydrogen) atoms. The van der Waals surface area contributed by atoms with Crippen LogP contribution < -0.4 is 26.4 Å². The average molecular weight is 566 g/mol. The largest absolute Gasteiger partial charge is 0.341 e. The quantitative estimate of drug-likeness (QED) is 0.223. The first-order valence-electron chi connectivity index (χ1n) is 14.7. The van der Waals surface area contributed by atoms with Crippen LogP contribution in [0.5, 0.6) is 0 Å². The van der Waals surface area contributed by atoms with E-state index in [-0.39, 0.29) is 28.2 Å². The standard InChI is InChI=1S/C29H56N8.H3NS/c1-20(36(10)21-16-26(2,3)34-27(4,5)17-21)24-31-23(14-12-13-15-30)32-25(33-24)37(11)22-18-28(6,7)35-29(8,9)19-22;1-2/h20-22,34-35H,12-19,30H2,1-11H3;2H,1H2. The molecule has 3 rings (SSSR count). The molecule has 0 aliphatic carbocycles. The molecule has 2 aliphatic rings. The SMILES string of the molecule is CC(c1nc(CCCCN)nc(N(C)C2CC(C)(C)NC(C)(C)C2)n1)N(C)C1CC(C)(C)NC(C)(C)C1.NS. The third kappa shape index (κ3) is 9.78. The highest BCUT2D eigenvalue weighted by Crippen LogP contribution is 2.35. The van der Waals surface area contributed by atoms with Crippen molar-refractivity contribution < 1.29 is 0 Å². The number of unbranched alkanes of at least 4 members (excludes halogenated alkanes) is 1. The minimum absolute atomic E-state index is 0.0582. The van der Waals surface area contributed by atoms with Gasteiger partial charge in [0, 0.05) is 47.7 Å². The lowest BCUT2D eigenvalue weighted by Crippen LogP contribution is -2.62. The van der Waals surface area contributed by atoms with Gasteiger partial charge in [0.05, 0.1) is 6.04 Å². The van der Waals surface area contributed by atoms with Crippen molar-refractivity contribution in [2.75, 3.05) is 25.5 Å². The second-order valence-corrected chi connectivity index (χ2v) is 14.5. The Kier molecular flexibility index (Phi) is 11.6. The molecular formula is C29H59N9S. The number of nitrogens with one attached hydrogen (secondary N) is 2. The summed E-state index contributed by atoms with van der Waals surface area (Å²) >= 11 is 3.03. The molecule has 1 atom stereocenters. The van der Waals surface area contributed by atoms with E-state index in [9.17, 15) is 0 Å². The molecule has 0 amide bonds. The van der Waals surface area contributed by atoms with Crippen molar-refractivity contribution in [2.45, 2.75) is 148 Å². The van der Waals surface area contributed by atoms with E-state index in [0.717, 1.165) is 62.5 Å². The zero-order valence-electron chi connectivity index (χ0n) is 26.7. The number of hydrogen-bond acceptors (Lipinski definition) is 10. The Morgan fingerprint density at radius 2 is 1.26 bits per heavy atom. The van der Waals surface area contributed by atoms with Gasteiger partial charge in [-0.25, -0.2) is 4.98 Å². The van der Waals surface area contributed by atoms with Crippen LogP contribution in [0.4, 0.5) is 5.95 Å². The van der Waals surface area contributed by atoms with Crippen molar-refractivity contribution in [3.63, 3.8) is 0 Å². The Balaban J connectivity index is 0.00000260. The molecule has 6 N–H and O–H groups in total. The molecule has 9 nitrogen and oxygen atoms in total. The zero-order valence-corrected chi connectivity index (χ0v) is 27.6. The molecule has 2 aliphatic heterocycles. The summed E-state index contributed by atoms with van der Waals surface area (Å²) in [4.78, 5) is 19.9. The van der Waals surface area contributed by atoms with E-state index in [0.29, 0.717) is 18.6 Å². The van der Waals surface area contributed by atoms with Crippen molar-refractivity contribution >= 4 is 18.8 Å². The van der Waals surface area contributed by atoms with Crippen molar-refractivity contribution in [2.24, 2.45) is 10.9 Å². The van der Waals surface area contributed by atoms with Gasteiger partial charge in [-0.2, -0.15) is 9.97 Å². The number of thiol groups is 1. The number of nitrogens with zero attached hydrogens (tertiary/aromatic N) is 5. The van der Waals surface area contributed by atoms with Crippen LogP contribution in [-0.4, -0.2) is 74.7 Å². The second-order valence-electron chi connectivity index (χ2n) is 14.5. The van der Waals surface area contributed by atoms with Crippen molar-refractivity contribution in [3.05, 3.63) is 11.6 Å². The molecule has 0 radical (unpaired) electrons. The van der Waals surface area contributed by atoms with E-state index in [1.807, 2.05) is 0 Å². The van der Waals surface area contributed by atoms with E-state index in [4.69, 9.17) is 20.7 Å². The number of rotatable bonds is 9. The van der Waals surface area contributed by atoms with E-state index in [2.05, 4.69) is 115 Å². The van der Waals surface area contributed by atoms with E-state index in [1.165, 1.54) is 0 Å². The summed E-state index contributed by atoms with van der Waals surface area (Å²) in [5, 5.41) is 11.8. The molecular weight excluding hydrogens is 506 g/mol. The first-order valence-corrected chi connectivity index (χ1v) is 15.2. The normalized spacial score (nSPS) is 23.2. The van der Waals surface area contributed by atoms with Gasteiger partial charge in [-0.15, -0.1) is 12.8 Å². The van der Waals surface area contributed by atoms with E-state index in [1.54, 1.807) is 0 Å². The third-order valence-corrected chi connectivity index (χ3v) is 8.30. The minimum atomic E-state index is 0.0582. The Bertz CT molecular complexity index is 886. The molecule has 0 aromatic carbocycles. The topological polar surface area (TPSA) is 121 Å². The zero-order chi connectivity index (χ0) is 29.8. The van der Waals surface area contributed by atoms with Gasteiger partial charge in [0.2, 0.25) is 5.95 Å². The molecule has 2 fully saturated rings. The Morgan fingerprint density at radius 3 is 1.72 bits per heavy atom. The van der Waals surface area contributed by atoms with Gasteiger partial charge in [0.1, 0.15) is 5.82 Å². The molecule has 10 heteroatoms. The van der Waals surface area contributed by atoms with Crippen LogP contribution in [0, 0.1) is 0 Å². The molecule has 1 aromatic heterocycles. The fourth-order valence-corrected chi connectivity index (χ4v) is 7.07. The van der Waals surface area contributed by atoms with Crippen LogP contribution in [0.3, 0.4) is 0 Å². The van der Waals surface area contributed by atoms with Crippen LogP contribution in [0.15, 0.2) is 0 Å². The summed E-state index contributed by atoms with van der Waals surface area (Å²) in [6.07, 6.45) is 7.10. The third-order valence-electron chi connectivity index (χ3n) is 8.30. The van der Waals surface area contributed by atoms with Gasteiger partial charge in [-0.1, -0.05) is 0 Å². The predicted molar refractivity (Wildman–Crippen MR) is 168 cm³/mol. The van der Waals surface area contributed by atoms with Gasteiger partial charge in [-0.05, 0) is 114 Å². The molecule has 1 unspecified atom stereocenters. The highest BCUT2D eigenvalue weighted by atomic mass is 32.1.